The highest BCUT2D eigenvalue weighted by Gasteiger charge is 2.47. The molecule has 0 aromatic carbocycles. The minimum absolute atomic E-state index is 0.227. The molecule has 0 aliphatic carbocycles. The number of rotatable bonds is 4. The number of aliphatic hydroxyl groups is 1. The Labute approximate surface area is 122 Å². The molecule has 0 amide bonds. The molecular formula is C13H20O8. The molecular weight excluding hydrogens is 284 g/mol. The van der Waals surface area contributed by atoms with Crippen LogP contribution in [0.15, 0.2) is 0 Å². The molecule has 1 saturated heterocycles. The summed E-state index contributed by atoms with van der Waals surface area (Å²) in [5.41, 5.74) is 0. The van der Waals surface area contributed by atoms with Crippen molar-refractivity contribution in [3.63, 3.8) is 0 Å². The SMILES string of the molecule is CC(=O)OCC1OC(O)C(C)C(OC(C)=O)C1OC(C)=O. The fraction of sp³-hybridized carbons (Fsp3) is 0.769. The highest BCUT2D eigenvalue weighted by atomic mass is 16.7. The second-order valence-corrected chi connectivity index (χ2v) is 4.87. The van der Waals surface area contributed by atoms with Crippen LogP contribution in [0.3, 0.4) is 0 Å². The molecule has 1 N–H and O–H groups in total. The van der Waals surface area contributed by atoms with E-state index in [9.17, 15) is 19.5 Å². The zero-order valence-corrected chi connectivity index (χ0v) is 12.4. The van der Waals surface area contributed by atoms with Crippen LogP contribution in [0.25, 0.3) is 0 Å². The summed E-state index contributed by atoms with van der Waals surface area (Å²) in [5, 5.41) is 9.85. The molecule has 1 fully saturated rings. The molecule has 1 aliphatic heterocycles. The van der Waals surface area contributed by atoms with Gasteiger partial charge in [0.2, 0.25) is 0 Å². The first-order chi connectivity index (χ1) is 9.72. The van der Waals surface area contributed by atoms with Crippen LogP contribution in [-0.2, 0) is 33.3 Å². The van der Waals surface area contributed by atoms with E-state index < -0.39 is 48.4 Å². The van der Waals surface area contributed by atoms with E-state index in [1.807, 2.05) is 0 Å². The summed E-state index contributed by atoms with van der Waals surface area (Å²) in [6.45, 7) is 4.99. The zero-order chi connectivity index (χ0) is 16.2. The fourth-order valence-electron chi connectivity index (χ4n) is 2.09. The molecule has 8 heteroatoms. The number of esters is 3. The molecule has 8 nitrogen and oxygen atoms in total. The second kappa shape index (κ2) is 7.37. The number of carbonyl (C=O) groups excluding carboxylic acids is 3. The van der Waals surface area contributed by atoms with Crippen molar-refractivity contribution < 1.29 is 38.4 Å². The van der Waals surface area contributed by atoms with Crippen molar-refractivity contribution in [3.8, 4) is 0 Å². The van der Waals surface area contributed by atoms with E-state index in [0.29, 0.717) is 0 Å². The molecule has 0 saturated carbocycles. The number of carbonyl (C=O) groups is 3. The Morgan fingerprint density at radius 2 is 1.52 bits per heavy atom. The van der Waals surface area contributed by atoms with E-state index in [1.54, 1.807) is 6.92 Å². The molecule has 5 atom stereocenters. The van der Waals surface area contributed by atoms with Gasteiger partial charge in [0.05, 0.1) is 0 Å². The van der Waals surface area contributed by atoms with Crippen molar-refractivity contribution in [2.45, 2.75) is 52.3 Å². The number of hydrogen-bond donors (Lipinski definition) is 1. The Balaban J connectivity index is 2.94. The third-order valence-electron chi connectivity index (χ3n) is 3.03. The Morgan fingerprint density at radius 3 is 2.00 bits per heavy atom. The predicted octanol–water partition coefficient (Wildman–Crippen LogP) is -0.234. The van der Waals surface area contributed by atoms with Crippen LogP contribution in [0.1, 0.15) is 27.7 Å². The normalized spacial score (nSPS) is 32.1. The van der Waals surface area contributed by atoms with Gasteiger partial charge in [0.15, 0.2) is 12.4 Å². The molecule has 1 aliphatic rings. The first kappa shape index (κ1) is 17.4. The minimum Gasteiger partial charge on any atom is -0.463 e. The lowest BCUT2D eigenvalue weighted by molar-refractivity contribution is -0.275. The van der Waals surface area contributed by atoms with Crippen LogP contribution in [0, 0.1) is 5.92 Å². The van der Waals surface area contributed by atoms with Crippen molar-refractivity contribution in [2.24, 2.45) is 5.92 Å². The van der Waals surface area contributed by atoms with Gasteiger partial charge < -0.3 is 24.1 Å². The molecule has 120 valence electrons. The summed E-state index contributed by atoms with van der Waals surface area (Å²) >= 11 is 0. The maximum Gasteiger partial charge on any atom is 0.303 e. The van der Waals surface area contributed by atoms with E-state index in [0.717, 1.165) is 0 Å². The van der Waals surface area contributed by atoms with Crippen LogP contribution in [0.4, 0.5) is 0 Å². The van der Waals surface area contributed by atoms with Gasteiger partial charge in [-0.1, -0.05) is 6.92 Å². The topological polar surface area (TPSA) is 108 Å². The smallest absolute Gasteiger partial charge is 0.303 e. The van der Waals surface area contributed by atoms with Gasteiger partial charge in [0.1, 0.15) is 18.8 Å². The van der Waals surface area contributed by atoms with Gasteiger partial charge in [-0.05, 0) is 0 Å². The van der Waals surface area contributed by atoms with Gasteiger partial charge in [-0.15, -0.1) is 0 Å². The predicted molar refractivity (Wildman–Crippen MR) is 67.8 cm³/mol. The summed E-state index contributed by atoms with van der Waals surface area (Å²) < 4.78 is 20.4. The largest absolute Gasteiger partial charge is 0.463 e. The summed E-state index contributed by atoms with van der Waals surface area (Å²) in [6, 6.07) is 0. The van der Waals surface area contributed by atoms with E-state index in [-0.39, 0.29) is 6.61 Å². The van der Waals surface area contributed by atoms with Crippen molar-refractivity contribution in [3.05, 3.63) is 0 Å². The van der Waals surface area contributed by atoms with Crippen LogP contribution in [0.2, 0.25) is 0 Å². The van der Waals surface area contributed by atoms with Crippen LogP contribution in [-0.4, -0.2) is 54.2 Å². The fourth-order valence-corrected chi connectivity index (χ4v) is 2.09. The van der Waals surface area contributed by atoms with E-state index in [1.165, 1.54) is 20.8 Å². The van der Waals surface area contributed by atoms with Crippen molar-refractivity contribution in [1.82, 2.24) is 0 Å². The Bertz CT molecular complexity index is 407. The molecule has 1 rings (SSSR count). The van der Waals surface area contributed by atoms with Crippen molar-refractivity contribution in [2.75, 3.05) is 6.61 Å². The van der Waals surface area contributed by atoms with E-state index >= 15 is 0 Å². The van der Waals surface area contributed by atoms with Gasteiger partial charge in [-0.25, -0.2) is 0 Å². The molecule has 0 aromatic rings. The molecule has 21 heavy (non-hydrogen) atoms. The van der Waals surface area contributed by atoms with Crippen molar-refractivity contribution >= 4 is 17.9 Å². The van der Waals surface area contributed by atoms with Crippen LogP contribution < -0.4 is 0 Å². The van der Waals surface area contributed by atoms with Gasteiger partial charge in [-0.2, -0.15) is 0 Å². The molecule has 1 heterocycles. The standard InChI is InChI=1S/C13H20O8/c1-6-11(19-8(3)15)12(20-9(4)16)10(21-13(6)17)5-18-7(2)14/h6,10-13,17H,5H2,1-4H3. The zero-order valence-electron chi connectivity index (χ0n) is 12.4. The Hall–Kier alpha value is -1.67. The second-order valence-electron chi connectivity index (χ2n) is 4.87. The Kier molecular flexibility index (Phi) is 6.10. The lowest BCUT2D eigenvalue weighted by Gasteiger charge is -2.42. The number of ether oxygens (including phenoxy) is 4. The molecule has 0 bridgehead atoms. The molecule has 0 aromatic heterocycles. The Morgan fingerprint density at radius 1 is 1.00 bits per heavy atom. The molecule has 0 spiro atoms. The summed E-state index contributed by atoms with van der Waals surface area (Å²) in [5.74, 6) is -2.33. The van der Waals surface area contributed by atoms with Crippen LogP contribution >= 0.6 is 0 Å². The number of aliphatic hydroxyl groups excluding tert-OH is 1. The minimum atomic E-state index is -1.23. The summed E-state index contributed by atoms with van der Waals surface area (Å²) in [7, 11) is 0. The highest BCUT2D eigenvalue weighted by molar-refractivity contribution is 5.67. The molecule has 0 radical (unpaired) electrons. The third kappa shape index (κ3) is 4.98. The maximum absolute atomic E-state index is 11.2. The first-order valence-corrected chi connectivity index (χ1v) is 6.53. The number of hydrogen-bond acceptors (Lipinski definition) is 8. The van der Waals surface area contributed by atoms with Crippen molar-refractivity contribution in [1.29, 1.82) is 0 Å². The van der Waals surface area contributed by atoms with Gasteiger partial charge in [0.25, 0.3) is 0 Å². The van der Waals surface area contributed by atoms with E-state index in [2.05, 4.69) is 0 Å². The summed E-state index contributed by atoms with van der Waals surface area (Å²) in [4.78, 5) is 33.3. The van der Waals surface area contributed by atoms with Gasteiger partial charge in [-0.3, -0.25) is 14.4 Å². The summed E-state index contributed by atoms with van der Waals surface area (Å²) in [6.07, 6.45) is -4.02. The monoisotopic (exact) mass is 304 g/mol. The van der Waals surface area contributed by atoms with Gasteiger partial charge >= 0.3 is 17.9 Å². The average molecular weight is 304 g/mol. The lowest BCUT2D eigenvalue weighted by Crippen LogP contribution is -2.57. The van der Waals surface area contributed by atoms with Crippen LogP contribution in [0.5, 0.6) is 0 Å². The highest BCUT2D eigenvalue weighted by Crippen LogP contribution is 2.29. The van der Waals surface area contributed by atoms with E-state index in [4.69, 9.17) is 18.9 Å². The molecule has 5 unspecified atom stereocenters. The quantitative estimate of drug-likeness (QED) is 0.560. The average Bonchev–Trinajstić information content (AvgIpc) is 2.35. The third-order valence-corrected chi connectivity index (χ3v) is 3.03. The lowest BCUT2D eigenvalue weighted by atomic mass is 9.92. The first-order valence-electron chi connectivity index (χ1n) is 6.53. The maximum atomic E-state index is 11.2. The van der Waals surface area contributed by atoms with Gasteiger partial charge in [0, 0.05) is 26.7 Å².